The number of non-ortho nitro benzene ring substituents is 1. The molecule has 0 amide bonds. The van der Waals surface area contributed by atoms with Gasteiger partial charge in [-0.05, 0) is 25.0 Å². The van der Waals surface area contributed by atoms with Gasteiger partial charge in [-0.25, -0.2) is 0 Å². The average Bonchev–Trinajstić information content (AvgIpc) is 2.96. The first-order valence-electron chi connectivity index (χ1n) is 6.23. The lowest BCUT2D eigenvalue weighted by Gasteiger charge is -2.06. The molecule has 0 spiro atoms. The summed E-state index contributed by atoms with van der Waals surface area (Å²) in [6, 6.07) is 5.41. The molecular weight excluding hydrogens is 278 g/mol. The molecule has 0 bridgehead atoms. The molecule has 0 saturated carbocycles. The minimum Gasteiger partial charge on any atom is -0.379 e. The molecule has 9 heteroatoms. The number of aromatic amines is 1. The summed E-state index contributed by atoms with van der Waals surface area (Å²) in [4.78, 5) is 20.3. The van der Waals surface area contributed by atoms with Gasteiger partial charge in [-0.1, -0.05) is 0 Å². The van der Waals surface area contributed by atoms with Gasteiger partial charge in [0.25, 0.3) is 11.4 Å². The van der Waals surface area contributed by atoms with Crippen molar-refractivity contribution in [1.82, 2.24) is 10.2 Å². The number of nitro benzene ring substituents is 2. The number of rotatable bonds is 7. The third kappa shape index (κ3) is 3.75. The predicted octanol–water partition coefficient (Wildman–Crippen LogP) is 2.27. The van der Waals surface area contributed by atoms with Crippen LogP contribution in [-0.2, 0) is 6.42 Å². The fourth-order valence-corrected chi connectivity index (χ4v) is 1.86. The molecule has 2 aromatic rings. The Kier molecular flexibility index (Phi) is 4.44. The molecule has 0 atom stereocenters. The lowest BCUT2D eigenvalue weighted by atomic mass is 10.2. The van der Waals surface area contributed by atoms with E-state index in [1.807, 2.05) is 6.07 Å². The quantitative estimate of drug-likeness (QED) is 0.457. The zero-order valence-corrected chi connectivity index (χ0v) is 11.0. The first-order valence-corrected chi connectivity index (χ1v) is 6.23. The molecule has 0 aliphatic carbocycles. The molecule has 1 aromatic heterocycles. The van der Waals surface area contributed by atoms with E-state index in [-0.39, 0.29) is 17.1 Å². The van der Waals surface area contributed by atoms with Crippen molar-refractivity contribution in [2.75, 3.05) is 11.9 Å². The number of nitrogens with one attached hydrogen (secondary N) is 2. The Hall–Kier alpha value is -2.97. The molecule has 0 aliphatic rings. The summed E-state index contributed by atoms with van der Waals surface area (Å²) in [6.07, 6.45) is 3.16. The SMILES string of the molecule is O=[N+]([O-])c1ccc(NCCCc2ccn[nH]2)c([N+](=O)[O-])c1. The molecule has 0 radical (unpaired) electrons. The molecule has 0 unspecified atom stereocenters. The highest BCUT2D eigenvalue weighted by Crippen LogP contribution is 2.28. The maximum Gasteiger partial charge on any atom is 0.299 e. The number of aryl methyl sites for hydroxylation is 1. The number of H-pyrrole nitrogens is 1. The van der Waals surface area contributed by atoms with Gasteiger partial charge >= 0.3 is 0 Å². The molecule has 0 saturated heterocycles. The molecule has 1 heterocycles. The smallest absolute Gasteiger partial charge is 0.299 e. The van der Waals surface area contributed by atoms with Crippen molar-refractivity contribution in [1.29, 1.82) is 0 Å². The molecule has 21 heavy (non-hydrogen) atoms. The van der Waals surface area contributed by atoms with E-state index >= 15 is 0 Å². The van der Waals surface area contributed by atoms with Crippen molar-refractivity contribution in [3.05, 3.63) is 56.4 Å². The van der Waals surface area contributed by atoms with E-state index in [1.54, 1.807) is 6.20 Å². The second-order valence-electron chi connectivity index (χ2n) is 4.33. The van der Waals surface area contributed by atoms with E-state index in [0.29, 0.717) is 6.54 Å². The van der Waals surface area contributed by atoms with Crippen molar-refractivity contribution < 1.29 is 9.85 Å². The Morgan fingerprint density at radius 2 is 2.00 bits per heavy atom. The first-order chi connectivity index (χ1) is 10.1. The van der Waals surface area contributed by atoms with Gasteiger partial charge in [-0.3, -0.25) is 25.3 Å². The van der Waals surface area contributed by atoms with Crippen molar-refractivity contribution >= 4 is 17.1 Å². The number of nitrogens with zero attached hydrogens (tertiary/aromatic N) is 3. The highest BCUT2D eigenvalue weighted by Gasteiger charge is 2.18. The van der Waals surface area contributed by atoms with Crippen LogP contribution in [-0.4, -0.2) is 26.6 Å². The van der Waals surface area contributed by atoms with E-state index in [4.69, 9.17) is 0 Å². The summed E-state index contributed by atoms with van der Waals surface area (Å²) in [5, 5.41) is 31.2. The molecule has 2 rings (SSSR count). The summed E-state index contributed by atoms with van der Waals surface area (Å²) in [6.45, 7) is 0.512. The fourth-order valence-electron chi connectivity index (χ4n) is 1.86. The molecule has 1 aromatic carbocycles. The van der Waals surface area contributed by atoms with Crippen LogP contribution in [0.1, 0.15) is 12.1 Å². The van der Waals surface area contributed by atoms with Gasteiger partial charge in [0.15, 0.2) is 0 Å². The van der Waals surface area contributed by atoms with Crippen LogP contribution in [0.5, 0.6) is 0 Å². The topological polar surface area (TPSA) is 127 Å². The number of hydrogen-bond donors (Lipinski definition) is 2. The molecule has 0 aliphatic heterocycles. The highest BCUT2D eigenvalue weighted by atomic mass is 16.6. The van der Waals surface area contributed by atoms with E-state index < -0.39 is 9.85 Å². The number of benzene rings is 1. The summed E-state index contributed by atoms with van der Waals surface area (Å²) in [5.74, 6) is 0. The maximum absolute atomic E-state index is 10.9. The number of anilines is 1. The van der Waals surface area contributed by atoms with Crippen LogP contribution in [0.15, 0.2) is 30.5 Å². The molecular formula is C12H13N5O4. The number of aromatic nitrogens is 2. The highest BCUT2D eigenvalue weighted by molar-refractivity contribution is 5.65. The molecule has 9 nitrogen and oxygen atoms in total. The van der Waals surface area contributed by atoms with E-state index in [2.05, 4.69) is 15.5 Å². The average molecular weight is 291 g/mol. The minimum absolute atomic E-state index is 0.273. The van der Waals surface area contributed by atoms with Crippen LogP contribution in [0.3, 0.4) is 0 Å². The number of hydrogen-bond acceptors (Lipinski definition) is 6. The zero-order chi connectivity index (χ0) is 15.2. The van der Waals surface area contributed by atoms with E-state index in [9.17, 15) is 20.2 Å². The van der Waals surface area contributed by atoms with Gasteiger partial charge in [0.05, 0.1) is 15.9 Å². The van der Waals surface area contributed by atoms with Gasteiger partial charge < -0.3 is 5.32 Å². The Bertz CT molecular complexity index is 641. The standard InChI is InChI=1S/C12H13N5O4/c18-16(19)10-3-4-11(12(8-10)17(20)21)13-6-1-2-9-5-7-14-15-9/h3-5,7-8,13H,1-2,6H2,(H,14,15). The summed E-state index contributed by atoms with van der Waals surface area (Å²) >= 11 is 0. The Balaban J connectivity index is 1.98. The van der Waals surface area contributed by atoms with Crippen LogP contribution in [0, 0.1) is 20.2 Å². The Labute approximate surface area is 119 Å². The van der Waals surface area contributed by atoms with Crippen LogP contribution >= 0.6 is 0 Å². The second kappa shape index (κ2) is 6.46. The number of nitro groups is 2. The summed E-state index contributed by atoms with van der Waals surface area (Å²) in [7, 11) is 0. The predicted molar refractivity (Wildman–Crippen MR) is 75.1 cm³/mol. The second-order valence-corrected chi connectivity index (χ2v) is 4.33. The minimum atomic E-state index is -0.658. The van der Waals surface area contributed by atoms with Gasteiger partial charge in [0.1, 0.15) is 5.69 Å². The Morgan fingerprint density at radius 3 is 2.62 bits per heavy atom. The molecule has 110 valence electrons. The van der Waals surface area contributed by atoms with Crippen molar-refractivity contribution in [3.63, 3.8) is 0 Å². The van der Waals surface area contributed by atoms with Gasteiger partial charge in [0, 0.05) is 24.5 Å². The maximum atomic E-state index is 10.9. The van der Waals surface area contributed by atoms with Crippen LogP contribution in [0.2, 0.25) is 0 Å². The van der Waals surface area contributed by atoms with Gasteiger partial charge in [-0.2, -0.15) is 5.10 Å². The fraction of sp³-hybridized carbons (Fsp3) is 0.250. The van der Waals surface area contributed by atoms with Crippen molar-refractivity contribution in [2.45, 2.75) is 12.8 Å². The zero-order valence-electron chi connectivity index (χ0n) is 11.0. The molecule has 0 fully saturated rings. The third-order valence-electron chi connectivity index (χ3n) is 2.89. The van der Waals surface area contributed by atoms with E-state index in [0.717, 1.165) is 24.6 Å². The Morgan fingerprint density at radius 1 is 1.19 bits per heavy atom. The van der Waals surface area contributed by atoms with Crippen LogP contribution in [0.4, 0.5) is 17.1 Å². The van der Waals surface area contributed by atoms with Crippen LogP contribution in [0.25, 0.3) is 0 Å². The summed E-state index contributed by atoms with van der Waals surface area (Å²) < 4.78 is 0. The molecule has 2 N–H and O–H groups in total. The van der Waals surface area contributed by atoms with Gasteiger partial charge in [-0.15, -0.1) is 0 Å². The van der Waals surface area contributed by atoms with Crippen molar-refractivity contribution in [2.24, 2.45) is 0 Å². The monoisotopic (exact) mass is 291 g/mol. The van der Waals surface area contributed by atoms with Crippen molar-refractivity contribution in [3.8, 4) is 0 Å². The van der Waals surface area contributed by atoms with Gasteiger partial charge in [0.2, 0.25) is 0 Å². The lowest BCUT2D eigenvalue weighted by molar-refractivity contribution is -0.393. The lowest BCUT2D eigenvalue weighted by Crippen LogP contribution is -2.06. The summed E-state index contributed by atoms with van der Waals surface area (Å²) in [5.41, 5.74) is 0.653. The van der Waals surface area contributed by atoms with Crippen LogP contribution < -0.4 is 5.32 Å². The van der Waals surface area contributed by atoms with E-state index in [1.165, 1.54) is 12.1 Å². The normalized spacial score (nSPS) is 10.3. The first kappa shape index (κ1) is 14.4. The largest absolute Gasteiger partial charge is 0.379 e. The third-order valence-corrected chi connectivity index (χ3v) is 2.89.